The number of carbonyl (C=O) groups excluding carboxylic acids is 1. The van der Waals surface area contributed by atoms with Crippen LogP contribution >= 0.6 is 23.2 Å². The zero-order chi connectivity index (χ0) is 16.2. The van der Waals surface area contributed by atoms with Crippen molar-refractivity contribution in [1.29, 1.82) is 0 Å². The summed E-state index contributed by atoms with van der Waals surface area (Å²) in [6.07, 6.45) is 4.93. The second-order valence-corrected chi connectivity index (χ2v) is 6.32. The zero-order valence-electron chi connectivity index (χ0n) is 12.6. The summed E-state index contributed by atoms with van der Waals surface area (Å²) >= 11 is 12.3. The minimum absolute atomic E-state index is 0.0412. The summed E-state index contributed by atoms with van der Waals surface area (Å²) in [5, 5.41) is 4.13. The van der Waals surface area contributed by atoms with Crippen molar-refractivity contribution in [3.8, 4) is 0 Å². The molecule has 0 radical (unpaired) electrons. The van der Waals surface area contributed by atoms with Gasteiger partial charge in [-0.1, -0.05) is 29.3 Å². The van der Waals surface area contributed by atoms with E-state index in [1.165, 1.54) is 6.42 Å². The standard InChI is InChI=1S/C17H17Cl2N3O/c18-13-5-4-6-14(19)16(13)21-15-8-7-12(11-20-15)17(23)22-9-2-1-3-10-22/h4-8,11H,1-3,9-10H2,(H,20,21). The van der Waals surface area contributed by atoms with Gasteiger partial charge in [-0.2, -0.15) is 0 Å². The largest absolute Gasteiger partial charge is 0.339 e. The van der Waals surface area contributed by atoms with Gasteiger partial charge in [0, 0.05) is 19.3 Å². The molecule has 0 aliphatic carbocycles. The predicted octanol–water partition coefficient (Wildman–Crippen LogP) is 4.76. The number of rotatable bonds is 3. The highest BCUT2D eigenvalue weighted by atomic mass is 35.5. The maximum absolute atomic E-state index is 12.4. The van der Waals surface area contributed by atoms with Crippen LogP contribution < -0.4 is 5.32 Å². The molecule has 23 heavy (non-hydrogen) atoms. The van der Waals surface area contributed by atoms with Crippen LogP contribution in [0.15, 0.2) is 36.5 Å². The molecule has 1 N–H and O–H groups in total. The molecule has 1 aliphatic rings. The van der Waals surface area contributed by atoms with Gasteiger partial charge >= 0.3 is 0 Å². The molecule has 0 unspecified atom stereocenters. The van der Waals surface area contributed by atoms with Gasteiger partial charge in [-0.15, -0.1) is 0 Å². The van der Waals surface area contributed by atoms with Crippen molar-refractivity contribution in [3.63, 3.8) is 0 Å². The number of aromatic nitrogens is 1. The number of piperidine rings is 1. The third-order valence-electron chi connectivity index (χ3n) is 3.87. The van der Waals surface area contributed by atoms with Gasteiger partial charge in [-0.05, 0) is 43.5 Å². The summed E-state index contributed by atoms with van der Waals surface area (Å²) < 4.78 is 0. The van der Waals surface area contributed by atoms with Gasteiger partial charge in [-0.3, -0.25) is 4.79 Å². The molecule has 1 aromatic heterocycles. The molecule has 0 atom stereocenters. The summed E-state index contributed by atoms with van der Waals surface area (Å²) in [7, 11) is 0. The molecule has 4 nitrogen and oxygen atoms in total. The minimum atomic E-state index is 0.0412. The van der Waals surface area contributed by atoms with Gasteiger partial charge in [0.05, 0.1) is 21.3 Å². The monoisotopic (exact) mass is 349 g/mol. The quantitative estimate of drug-likeness (QED) is 0.868. The number of anilines is 2. The highest BCUT2D eigenvalue weighted by molar-refractivity contribution is 6.39. The summed E-state index contributed by atoms with van der Waals surface area (Å²) in [5.41, 5.74) is 1.21. The Morgan fingerprint density at radius 1 is 1.04 bits per heavy atom. The van der Waals surface area contributed by atoms with Crippen LogP contribution in [-0.4, -0.2) is 28.9 Å². The number of nitrogens with one attached hydrogen (secondary N) is 1. The van der Waals surface area contributed by atoms with Gasteiger partial charge in [0.1, 0.15) is 5.82 Å². The Morgan fingerprint density at radius 3 is 2.35 bits per heavy atom. The lowest BCUT2D eigenvalue weighted by molar-refractivity contribution is 0.0724. The van der Waals surface area contributed by atoms with E-state index in [2.05, 4.69) is 10.3 Å². The smallest absolute Gasteiger partial charge is 0.255 e. The van der Waals surface area contributed by atoms with Crippen molar-refractivity contribution in [2.75, 3.05) is 18.4 Å². The summed E-state index contributed by atoms with van der Waals surface area (Å²) in [6.45, 7) is 1.65. The molecule has 0 bridgehead atoms. The lowest BCUT2D eigenvalue weighted by Gasteiger charge is -2.26. The molecule has 1 aliphatic heterocycles. The number of likely N-dealkylation sites (tertiary alicyclic amines) is 1. The van der Waals surface area contributed by atoms with Gasteiger partial charge < -0.3 is 10.2 Å². The highest BCUT2D eigenvalue weighted by Gasteiger charge is 2.18. The molecule has 6 heteroatoms. The van der Waals surface area contributed by atoms with E-state index in [0.29, 0.717) is 27.1 Å². The van der Waals surface area contributed by atoms with Crippen LogP contribution in [0.1, 0.15) is 29.6 Å². The highest BCUT2D eigenvalue weighted by Crippen LogP contribution is 2.32. The first-order valence-corrected chi connectivity index (χ1v) is 8.37. The van der Waals surface area contributed by atoms with Gasteiger partial charge in [-0.25, -0.2) is 4.98 Å². The van der Waals surface area contributed by atoms with Crippen molar-refractivity contribution in [3.05, 3.63) is 52.1 Å². The fraction of sp³-hybridized carbons (Fsp3) is 0.294. The zero-order valence-corrected chi connectivity index (χ0v) is 14.1. The van der Waals surface area contributed by atoms with E-state index >= 15 is 0 Å². The van der Waals surface area contributed by atoms with Crippen LogP contribution in [0.3, 0.4) is 0 Å². The van der Waals surface area contributed by atoms with Gasteiger partial charge in [0.2, 0.25) is 0 Å². The lowest BCUT2D eigenvalue weighted by atomic mass is 10.1. The van der Waals surface area contributed by atoms with Crippen molar-refractivity contribution in [2.24, 2.45) is 0 Å². The first-order valence-electron chi connectivity index (χ1n) is 7.61. The molecule has 0 spiro atoms. The number of pyridine rings is 1. The molecule has 1 fully saturated rings. The summed E-state index contributed by atoms with van der Waals surface area (Å²) in [4.78, 5) is 18.6. The van der Waals surface area contributed by atoms with E-state index in [0.717, 1.165) is 25.9 Å². The Kier molecular flexibility index (Phi) is 5.03. The molecular weight excluding hydrogens is 333 g/mol. The molecule has 0 saturated carbocycles. The van der Waals surface area contributed by atoms with Gasteiger partial charge in [0.25, 0.3) is 5.91 Å². The Bertz CT molecular complexity index is 677. The van der Waals surface area contributed by atoms with Crippen molar-refractivity contribution < 1.29 is 4.79 Å². The Balaban J connectivity index is 1.73. The maximum atomic E-state index is 12.4. The fourth-order valence-electron chi connectivity index (χ4n) is 2.62. The number of hydrogen-bond acceptors (Lipinski definition) is 3. The van der Waals surface area contributed by atoms with Crippen molar-refractivity contribution >= 4 is 40.6 Å². The van der Waals surface area contributed by atoms with Gasteiger partial charge in [0.15, 0.2) is 0 Å². The van der Waals surface area contributed by atoms with Crippen molar-refractivity contribution in [2.45, 2.75) is 19.3 Å². The van der Waals surface area contributed by atoms with Crippen LogP contribution in [-0.2, 0) is 0 Å². The third kappa shape index (κ3) is 3.77. The van der Waals surface area contributed by atoms with Crippen LogP contribution in [0, 0.1) is 0 Å². The summed E-state index contributed by atoms with van der Waals surface area (Å²) in [5.74, 6) is 0.634. The molecular formula is C17H17Cl2N3O. The number of hydrogen-bond donors (Lipinski definition) is 1. The van der Waals surface area contributed by atoms with E-state index in [1.54, 1.807) is 36.5 Å². The normalized spacial score (nSPS) is 14.6. The fourth-order valence-corrected chi connectivity index (χ4v) is 3.11. The average molecular weight is 350 g/mol. The first-order chi connectivity index (χ1) is 11.1. The molecule has 1 saturated heterocycles. The predicted molar refractivity (Wildman–Crippen MR) is 93.7 cm³/mol. The average Bonchev–Trinajstić information content (AvgIpc) is 2.59. The molecule has 2 aromatic rings. The van der Waals surface area contributed by atoms with E-state index in [4.69, 9.17) is 23.2 Å². The number of carbonyl (C=O) groups is 1. The number of nitrogens with zero attached hydrogens (tertiary/aromatic N) is 2. The maximum Gasteiger partial charge on any atom is 0.255 e. The molecule has 1 amide bonds. The van der Waals surface area contributed by atoms with Crippen LogP contribution in [0.4, 0.5) is 11.5 Å². The van der Waals surface area contributed by atoms with Crippen molar-refractivity contribution in [1.82, 2.24) is 9.88 Å². The van der Waals surface area contributed by atoms with Crippen LogP contribution in [0.2, 0.25) is 10.0 Å². The second kappa shape index (κ2) is 7.20. The number of benzene rings is 1. The number of para-hydroxylation sites is 1. The molecule has 1 aromatic carbocycles. The number of amides is 1. The first kappa shape index (κ1) is 16.1. The lowest BCUT2D eigenvalue weighted by Crippen LogP contribution is -2.35. The van der Waals surface area contributed by atoms with E-state index in [1.807, 2.05) is 4.90 Å². The third-order valence-corrected chi connectivity index (χ3v) is 4.50. The Hall–Kier alpha value is -1.78. The van der Waals surface area contributed by atoms with Crippen LogP contribution in [0.25, 0.3) is 0 Å². The molecule has 2 heterocycles. The van der Waals surface area contributed by atoms with E-state index < -0.39 is 0 Å². The Labute approximate surface area is 145 Å². The number of halogens is 2. The minimum Gasteiger partial charge on any atom is -0.339 e. The SMILES string of the molecule is O=C(c1ccc(Nc2c(Cl)cccc2Cl)nc1)N1CCCCC1. The molecule has 120 valence electrons. The van der Waals surface area contributed by atoms with Crippen LogP contribution in [0.5, 0.6) is 0 Å². The second-order valence-electron chi connectivity index (χ2n) is 5.51. The summed E-state index contributed by atoms with van der Waals surface area (Å²) in [6, 6.07) is 8.82. The molecule has 3 rings (SSSR count). The van der Waals surface area contributed by atoms with E-state index in [-0.39, 0.29) is 5.91 Å². The van der Waals surface area contributed by atoms with E-state index in [9.17, 15) is 4.79 Å². The topological polar surface area (TPSA) is 45.2 Å². The Morgan fingerprint density at radius 2 is 1.74 bits per heavy atom.